The fourth-order valence-corrected chi connectivity index (χ4v) is 3.22. The summed E-state index contributed by atoms with van der Waals surface area (Å²) in [6.45, 7) is 3.89. The van der Waals surface area contributed by atoms with Crippen LogP contribution in [0.25, 0.3) is 0 Å². The number of fused-ring (bicyclic) bond motifs is 1. The minimum Gasteiger partial charge on any atom is -0.464 e. The number of allylic oxidation sites excluding steroid dienone is 4. The predicted octanol–water partition coefficient (Wildman–Crippen LogP) is 1.59. The Morgan fingerprint density at radius 2 is 2.21 bits per heavy atom. The standard InChI is InChI=1S/C13H14ClNO3S/c1-4-18-13(16)11-10(14)9-8(15(11)3)6-5-7(2)12(9)19-17/h5-6,11H,4H2,1-3H3. The highest BCUT2D eigenvalue weighted by atomic mass is 35.5. The van der Waals surface area contributed by atoms with Gasteiger partial charge in [-0.15, -0.1) is 0 Å². The van der Waals surface area contributed by atoms with Gasteiger partial charge >= 0.3 is 5.97 Å². The van der Waals surface area contributed by atoms with E-state index in [0.717, 1.165) is 11.3 Å². The first-order valence-corrected chi connectivity index (χ1v) is 7.00. The van der Waals surface area contributed by atoms with Crippen LogP contribution in [0, 0.1) is 0 Å². The van der Waals surface area contributed by atoms with Crippen molar-refractivity contribution in [1.29, 1.82) is 0 Å². The third-order valence-corrected chi connectivity index (χ3v) is 4.26. The zero-order valence-electron chi connectivity index (χ0n) is 10.9. The van der Waals surface area contributed by atoms with Crippen molar-refractivity contribution in [3.63, 3.8) is 0 Å². The molecule has 2 rings (SSSR count). The molecule has 1 atom stereocenters. The first-order valence-electron chi connectivity index (χ1n) is 5.88. The zero-order valence-corrected chi connectivity index (χ0v) is 12.5. The van der Waals surface area contributed by atoms with E-state index < -0.39 is 12.0 Å². The van der Waals surface area contributed by atoms with Gasteiger partial charge in [-0.3, -0.25) is 0 Å². The van der Waals surface area contributed by atoms with E-state index in [1.807, 2.05) is 19.1 Å². The summed E-state index contributed by atoms with van der Waals surface area (Å²) in [5.41, 5.74) is 2.30. The topological polar surface area (TPSA) is 46.6 Å². The van der Waals surface area contributed by atoms with Crippen molar-refractivity contribution in [2.75, 3.05) is 13.7 Å². The number of nitrogens with zero attached hydrogens (tertiary/aromatic N) is 1. The Balaban J connectivity index is 2.52. The molecule has 0 bridgehead atoms. The van der Waals surface area contributed by atoms with E-state index in [1.165, 1.54) is 0 Å². The number of carbonyl (C=O) groups is 1. The number of ether oxygens (including phenoxy) is 1. The maximum absolute atomic E-state index is 12.0. The van der Waals surface area contributed by atoms with Crippen LogP contribution >= 0.6 is 11.6 Å². The van der Waals surface area contributed by atoms with Gasteiger partial charge in [-0.25, -0.2) is 9.00 Å². The summed E-state index contributed by atoms with van der Waals surface area (Å²) in [6, 6.07) is -0.663. The number of hydrogen-bond acceptors (Lipinski definition) is 4. The third kappa shape index (κ3) is 2.17. The number of likely N-dealkylation sites (N-methyl/N-ethyl adjacent to an activating group) is 1. The van der Waals surface area contributed by atoms with E-state index >= 15 is 0 Å². The Bertz CT molecular complexity index is 585. The molecule has 0 amide bonds. The van der Waals surface area contributed by atoms with Gasteiger partial charge in [0.15, 0.2) is 6.04 Å². The average Bonchev–Trinajstić information content (AvgIpc) is 2.62. The summed E-state index contributed by atoms with van der Waals surface area (Å²) in [6.07, 6.45) is 3.72. The van der Waals surface area contributed by atoms with Crippen molar-refractivity contribution in [2.24, 2.45) is 0 Å². The number of rotatable bonds is 2. The molecule has 0 aromatic heterocycles. The van der Waals surface area contributed by atoms with Gasteiger partial charge in [0.1, 0.15) is 0 Å². The third-order valence-electron chi connectivity index (χ3n) is 3.17. The molecule has 19 heavy (non-hydrogen) atoms. The van der Waals surface area contributed by atoms with Crippen molar-refractivity contribution in [3.8, 4) is 0 Å². The Morgan fingerprint density at radius 1 is 1.53 bits per heavy atom. The van der Waals surface area contributed by atoms with Crippen molar-refractivity contribution in [1.82, 2.24) is 4.90 Å². The predicted molar refractivity (Wildman–Crippen MR) is 76.1 cm³/mol. The van der Waals surface area contributed by atoms with Crippen LogP contribution in [0.3, 0.4) is 0 Å². The minimum atomic E-state index is -0.663. The molecule has 0 saturated carbocycles. The van der Waals surface area contributed by atoms with Crippen molar-refractivity contribution >= 4 is 33.7 Å². The monoisotopic (exact) mass is 299 g/mol. The SMILES string of the molecule is CCOC(=O)C1C(Cl)=C2C(=CC=C(C)C2=S=O)N1C. The van der Waals surface area contributed by atoms with Gasteiger partial charge in [0.25, 0.3) is 0 Å². The highest BCUT2D eigenvalue weighted by molar-refractivity contribution is 7.67. The maximum atomic E-state index is 12.0. The van der Waals surface area contributed by atoms with Crippen LogP contribution in [-0.4, -0.2) is 39.6 Å². The van der Waals surface area contributed by atoms with Gasteiger partial charge in [0.2, 0.25) is 0 Å². The highest BCUT2D eigenvalue weighted by Crippen LogP contribution is 2.39. The highest BCUT2D eigenvalue weighted by Gasteiger charge is 2.41. The molecule has 2 aliphatic rings. The van der Waals surface area contributed by atoms with Crippen molar-refractivity contribution < 1.29 is 13.7 Å². The number of esters is 1. The Morgan fingerprint density at radius 3 is 2.79 bits per heavy atom. The number of carbonyl (C=O) groups excluding carboxylic acids is 1. The molecule has 0 saturated heterocycles. The van der Waals surface area contributed by atoms with Crippen molar-refractivity contribution in [2.45, 2.75) is 19.9 Å². The van der Waals surface area contributed by atoms with Gasteiger partial charge in [-0.05, 0) is 25.5 Å². The maximum Gasteiger partial charge on any atom is 0.334 e. The summed E-state index contributed by atoms with van der Waals surface area (Å²) in [5.74, 6) is -0.397. The van der Waals surface area contributed by atoms with E-state index in [2.05, 4.69) is 0 Å². The summed E-state index contributed by atoms with van der Waals surface area (Å²) in [5, 5.41) is 0.359. The molecule has 4 nitrogen and oxygen atoms in total. The lowest BCUT2D eigenvalue weighted by molar-refractivity contribution is -0.146. The molecular formula is C13H14ClNO3S. The van der Waals surface area contributed by atoms with Gasteiger partial charge in [-0.1, -0.05) is 17.7 Å². The fraction of sp³-hybridized carbons (Fsp3) is 0.385. The summed E-state index contributed by atoms with van der Waals surface area (Å²) < 4.78 is 16.3. The lowest BCUT2D eigenvalue weighted by atomic mass is 9.99. The first-order chi connectivity index (χ1) is 9.02. The Hall–Kier alpha value is -1.33. The van der Waals surface area contributed by atoms with Crippen LogP contribution in [0.4, 0.5) is 0 Å². The lowest BCUT2D eigenvalue weighted by Gasteiger charge is -2.23. The molecular weight excluding hydrogens is 286 g/mol. The first kappa shape index (κ1) is 14.1. The Kier molecular flexibility index (Phi) is 3.96. The summed E-state index contributed by atoms with van der Waals surface area (Å²) in [7, 11) is 1.77. The fourth-order valence-electron chi connectivity index (χ4n) is 2.24. The molecule has 1 unspecified atom stereocenters. The van der Waals surface area contributed by atoms with E-state index in [0.29, 0.717) is 33.3 Å². The van der Waals surface area contributed by atoms with E-state index in [9.17, 15) is 9.00 Å². The molecule has 0 aromatic rings. The van der Waals surface area contributed by atoms with Gasteiger partial charge in [-0.2, -0.15) is 0 Å². The second-order valence-corrected chi connectivity index (χ2v) is 5.28. The van der Waals surface area contributed by atoms with E-state index in [-0.39, 0.29) is 0 Å². The molecule has 1 aliphatic heterocycles. The van der Waals surface area contributed by atoms with Gasteiger partial charge in [0.05, 0.1) is 27.8 Å². The molecule has 102 valence electrons. The molecule has 0 spiro atoms. The smallest absolute Gasteiger partial charge is 0.334 e. The van der Waals surface area contributed by atoms with Crippen molar-refractivity contribution in [3.05, 3.63) is 34.0 Å². The molecule has 1 heterocycles. The summed E-state index contributed by atoms with van der Waals surface area (Å²) >= 11 is 6.71. The molecule has 0 fully saturated rings. The number of halogens is 1. The summed E-state index contributed by atoms with van der Waals surface area (Å²) in [4.78, 5) is 14.3. The largest absolute Gasteiger partial charge is 0.464 e. The van der Waals surface area contributed by atoms with Gasteiger partial charge in [0, 0.05) is 18.3 Å². The molecule has 0 N–H and O–H groups in total. The van der Waals surface area contributed by atoms with Crippen LogP contribution in [0.15, 0.2) is 34.0 Å². The number of hydrogen-bond donors (Lipinski definition) is 0. The quantitative estimate of drug-likeness (QED) is 0.574. The molecule has 0 aromatic carbocycles. The van der Waals surface area contributed by atoms with E-state index in [1.54, 1.807) is 18.9 Å². The molecule has 1 aliphatic carbocycles. The normalized spacial score (nSPS) is 22.0. The molecule has 0 radical (unpaired) electrons. The Labute approximate surface area is 120 Å². The van der Waals surface area contributed by atoms with Crippen LogP contribution in [0.5, 0.6) is 0 Å². The van der Waals surface area contributed by atoms with Crippen LogP contribution < -0.4 is 0 Å². The van der Waals surface area contributed by atoms with Crippen LogP contribution in [0.2, 0.25) is 0 Å². The minimum absolute atomic E-state index is 0.297. The lowest BCUT2D eigenvalue weighted by Crippen LogP contribution is -2.35. The second-order valence-electron chi connectivity index (χ2n) is 4.30. The average molecular weight is 300 g/mol. The molecule has 6 heteroatoms. The van der Waals surface area contributed by atoms with Crippen LogP contribution in [-0.2, 0) is 20.8 Å². The van der Waals surface area contributed by atoms with Crippen LogP contribution in [0.1, 0.15) is 13.8 Å². The second kappa shape index (κ2) is 5.35. The zero-order chi connectivity index (χ0) is 14.2. The van der Waals surface area contributed by atoms with Gasteiger partial charge < -0.3 is 9.64 Å². The van der Waals surface area contributed by atoms with E-state index in [4.69, 9.17) is 16.3 Å².